The van der Waals surface area contributed by atoms with Crippen LogP contribution in [0.5, 0.6) is 0 Å². The monoisotopic (exact) mass is 411 g/mol. The summed E-state index contributed by atoms with van der Waals surface area (Å²) in [6.45, 7) is 0. The van der Waals surface area contributed by atoms with E-state index < -0.39 is 11.2 Å². The lowest BCUT2D eigenvalue weighted by atomic mass is 10.0. The maximum Gasteiger partial charge on any atom is 0.235 e. The van der Waals surface area contributed by atoms with Crippen molar-refractivity contribution >= 4 is 17.7 Å². The minimum absolute atomic E-state index is 0.344. The highest BCUT2D eigenvalue weighted by atomic mass is 32.2. The quantitative estimate of drug-likeness (QED) is 0.440. The van der Waals surface area contributed by atoms with Crippen LogP contribution in [0.3, 0.4) is 0 Å². The molecule has 0 aliphatic heterocycles. The van der Waals surface area contributed by atoms with Gasteiger partial charge in [0.25, 0.3) is 0 Å². The van der Waals surface area contributed by atoms with Gasteiger partial charge in [-0.1, -0.05) is 72.4 Å². The molecule has 0 fully saturated rings. The van der Waals surface area contributed by atoms with Gasteiger partial charge in [-0.25, -0.2) is 4.98 Å². The molecule has 0 aliphatic carbocycles. The number of rotatable bonds is 6. The van der Waals surface area contributed by atoms with Crippen molar-refractivity contribution < 1.29 is 9.21 Å². The normalized spacial score (nSPS) is 11.6. The van der Waals surface area contributed by atoms with Crippen molar-refractivity contribution in [1.82, 2.24) is 4.98 Å². The molecular weight excluding hydrogens is 394 g/mol. The van der Waals surface area contributed by atoms with Crippen LogP contribution in [0.25, 0.3) is 22.6 Å². The smallest absolute Gasteiger partial charge is 0.235 e. The number of nitriles is 1. The predicted molar refractivity (Wildman–Crippen MR) is 116 cm³/mol. The van der Waals surface area contributed by atoms with Gasteiger partial charge in [-0.2, -0.15) is 5.26 Å². The molecule has 0 saturated carbocycles. The van der Waals surface area contributed by atoms with Crippen LogP contribution in [-0.4, -0.2) is 10.9 Å². The summed E-state index contributed by atoms with van der Waals surface area (Å²) in [7, 11) is 0. The van der Waals surface area contributed by atoms with E-state index >= 15 is 0 Å². The van der Waals surface area contributed by atoms with E-state index in [4.69, 9.17) is 15.1 Å². The average molecular weight is 411 g/mol. The van der Waals surface area contributed by atoms with Crippen molar-refractivity contribution in [3.63, 3.8) is 0 Å². The first kappa shape index (κ1) is 19.5. The fraction of sp³-hybridized carbons (Fsp3) is 0.0417. The largest absolute Gasteiger partial charge is 0.464 e. The molecule has 0 saturated heterocycles. The lowest BCUT2D eigenvalue weighted by Gasteiger charge is -2.16. The average Bonchev–Trinajstić information content (AvgIpc) is 3.32. The van der Waals surface area contributed by atoms with E-state index in [0.29, 0.717) is 27.6 Å². The Kier molecular flexibility index (Phi) is 5.64. The SMILES string of the molecule is N#Cc1c(-c2ccco2)cc(-c2ccccc2)nc1S[C@H](C(N)=O)c1ccccc1. The number of aromatic nitrogens is 1. The van der Waals surface area contributed by atoms with Gasteiger partial charge in [0.15, 0.2) is 0 Å². The van der Waals surface area contributed by atoms with E-state index in [0.717, 1.165) is 11.1 Å². The van der Waals surface area contributed by atoms with Gasteiger partial charge in [-0.3, -0.25) is 4.79 Å². The molecule has 5 nitrogen and oxygen atoms in total. The Hall–Kier alpha value is -3.82. The summed E-state index contributed by atoms with van der Waals surface area (Å²) in [6, 6.07) is 26.5. The zero-order chi connectivity index (χ0) is 20.9. The van der Waals surface area contributed by atoms with Crippen LogP contribution in [0.1, 0.15) is 16.4 Å². The van der Waals surface area contributed by atoms with Gasteiger partial charge in [0.1, 0.15) is 22.1 Å². The molecule has 0 spiro atoms. The van der Waals surface area contributed by atoms with E-state index in [1.807, 2.05) is 66.7 Å². The van der Waals surface area contributed by atoms with E-state index in [9.17, 15) is 10.1 Å². The summed E-state index contributed by atoms with van der Waals surface area (Å²) >= 11 is 1.17. The number of amides is 1. The van der Waals surface area contributed by atoms with E-state index in [1.54, 1.807) is 18.4 Å². The lowest BCUT2D eigenvalue weighted by Crippen LogP contribution is -2.19. The highest BCUT2D eigenvalue weighted by molar-refractivity contribution is 8.00. The maximum atomic E-state index is 12.2. The number of carbonyl (C=O) groups excluding carboxylic acids is 1. The van der Waals surface area contributed by atoms with Gasteiger partial charge < -0.3 is 10.2 Å². The Labute approximate surface area is 178 Å². The zero-order valence-corrected chi connectivity index (χ0v) is 16.7. The third-order valence-corrected chi connectivity index (χ3v) is 5.80. The Morgan fingerprint density at radius 1 is 1.03 bits per heavy atom. The molecule has 2 aromatic carbocycles. The third-order valence-electron chi connectivity index (χ3n) is 4.54. The van der Waals surface area contributed by atoms with E-state index in [2.05, 4.69) is 6.07 Å². The second-order valence-electron chi connectivity index (χ2n) is 6.50. The standard InChI is InChI=1S/C24H17N3O2S/c25-15-19-18(21-12-7-13-29-21)14-20(16-8-3-1-4-9-16)27-24(19)30-22(23(26)28)17-10-5-2-6-11-17/h1-14,22H,(H2,26,28)/t22-/m0/s1. The first-order valence-electron chi connectivity index (χ1n) is 9.22. The molecule has 146 valence electrons. The number of nitrogens with two attached hydrogens (primary N) is 1. The number of carbonyl (C=O) groups is 1. The predicted octanol–water partition coefficient (Wildman–Crippen LogP) is 5.20. The maximum absolute atomic E-state index is 12.2. The van der Waals surface area contributed by atoms with Gasteiger partial charge in [0.05, 0.1) is 17.5 Å². The molecule has 2 aromatic heterocycles. The molecule has 0 bridgehead atoms. The molecule has 6 heteroatoms. The van der Waals surface area contributed by atoms with Crippen LogP contribution < -0.4 is 5.73 Å². The minimum atomic E-state index is -0.679. The lowest BCUT2D eigenvalue weighted by molar-refractivity contribution is -0.117. The van der Waals surface area contributed by atoms with Gasteiger partial charge in [0, 0.05) is 11.1 Å². The third kappa shape index (κ3) is 3.97. The second-order valence-corrected chi connectivity index (χ2v) is 7.60. The van der Waals surface area contributed by atoms with Crippen LogP contribution in [0.2, 0.25) is 0 Å². The molecule has 0 unspecified atom stereocenters. The van der Waals surface area contributed by atoms with Gasteiger partial charge in [-0.15, -0.1) is 0 Å². The first-order valence-corrected chi connectivity index (χ1v) is 10.1. The summed E-state index contributed by atoms with van der Waals surface area (Å²) in [5, 5.41) is 9.67. The van der Waals surface area contributed by atoms with Crippen molar-refractivity contribution in [3.05, 3.63) is 96.3 Å². The number of thioether (sulfide) groups is 1. The minimum Gasteiger partial charge on any atom is -0.464 e. The highest BCUT2D eigenvalue weighted by Gasteiger charge is 2.24. The number of benzene rings is 2. The molecule has 30 heavy (non-hydrogen) atoms. The zero-order valence-electron chi connectivity index (χ0n) is 15.9. The summed E-state index contributed by atoms with van der Waals surface area (Å²) in [5.74, 6) is 0.0601. The fourth-order valence-electron chi connectivity index (χ4n) is 3.13. The van der Waals surface area contributed by atoms with Crippen LogP contribution in [-0.2, 0) is 4.79 Å². The molecular formula is C24H17N3O2S. The molecule has 4 aromatic rings. The number of nitrogens with zero attached hydrogens (tertiary/aromatic N) is 2. The first-order chi connectivity index (χ1) is 14.7. The molecule has 1 atom stereocenters. The molecule has 2 N–H and O–H groups in total. The fourth-order valence-corrected chi connectivity index (χ4v) is 4.18. The molecule has 0 aliphatic rings. The van der Waals surface area contributed by atoms with Crippen molar-refractivity contribution in [3.8, 4) is 28.7 Å². The van der Waals surface area contributed by atoms with E-state index in [1.165, 1.54) is 11.8 Å². The second kappa shape index (κ2) is 8.68. The van der Waals surface area contributed by atoms with Gasteiger partial charge in [0.2, 0.25) is 5.91 Å². The van der Waals surface area contributed by atoms with Crippen molar-refractivity contribution in [1.29, 1.82) is 5.26 Å². The topological polar surface area (TPSA) is 92.9 Å². The summed E-state index contributed by atoms with van der Waals surface area (Å²) in [6.07, 6.45) is 1.56. The van der Waals surface area contributed by atoms with Crippen LogP contribution in [0.4, 0.5) is 0 Å². The van der Waals surface area contributed by atoms with Crippen LogP contribution >= 0.6 is 11.8 Å². The van der Waals surface area contributed by atoms with Crippen LogP contribution in [0, 0.1) is 11.3 Å². The summed E-state index contributed by atoms with van der Waals surface area (Å²) in [5.41, 5.74) is 9.00. The molecule has 0 radical (unpaired) electrons. The van der Waals surface area contributed by atoms with Crippen molar-refractivity contribution in [2.45, 2.75) is 10.3 Å². The highest BCUT2D eigenvalue weighted by Crippen LogP contribution is 2.40. The molecule has 4 rings (SSSR count). The Bertz CT molecular complexity index is 1200. The number of hydrogen-bond acceptors (Lipinski definition) is 5. The van der Waals surface area contributed by atoms with Gasteiger partial charge >= 0.3 is 0 Å². The Morgan fingerprint density at radius 2 is 1.73 bits per heavy atom. The van der Waals surface area contributed by atoms with Crippen molar-refractivity contribution in [2.24, 2.45) is 5.73 Å². The Morgan fingerprint density at radius 3 is 2.33 bits per heavy atom. The number of hydrogen-bond donors (Lipinski definition) is 1. The van der Waals surface area contributed by atoms with Gasteiger partial charge in [-0.05, 0) is 23.8 Å². The van der Waals surface area contributed by atoms with Crippen molar-refractivity contribution in [2.75, 3.05) is 0 Å². The number of primary amides is 1. The number of pyridine rings is 1. The molecule has 1 amide bonds. The van der Waals surface area contributed by atoms with E-state index in [-0.39, 0.29) is 0 Å². The Balaban J connectivity index is 1.88. The summed E-state index contributed by atoms with van der Waals surface area (Å²) < 4.78 is 5.57. The van der Waals surface area contributed by atoms with Crippen LogP contribution in [0.15, 0.2) is 94.6 Å². The molecule has 2 heterocycles. The number of furan rings is 1. The summed E-state index contributed by atoms with van der Waals surface area (Å²) in [4.78, 5) is 17.0.